The zero-order valence-electron chi connectivity index (χ0n) is 23.3. The van der Waals surface area contributed by atoms with Crippen LogP contribution in [0.5, 0.6) is 5.88 Å². The molecule has 2 heterocycles. The molecule has 0 saturated carbocycles. The third kappa shape index (κ3) is 5.08. The highest BCUT2D eigenvalue weighted by molar-refractivity contribution is 7.91. The largest absolute Gasteiger partial charge is 0.492 e. The number of amides is 1. The number of rotatable bonds is 9. The van der Waals surface area contributed by atoms with Gasteiger partial charge in [0.15, 0.2) is 4.90 Å². The minimum atomic E-state index is -4.50. The Hall–Kier alpha value is -4.75. The molecule has 1 atom stereocenters. The molecule has 3 aromatic carbocycles. The Labute approximate surface area is 244 Å². The molecule has 10 heteroatoms. The van der Waals surface area contributed by atoms with Gasteiger partial charge in [-0.3, -0.25) is 14.2 Å². The van der Waals surface area contributed by atoms with Gasteiger partial charge in [-0.2, -0.15) is 10.2 Å². The average Bonchev–Trinajstić information content (AvgIpc) is 3.38. The Balaban J connectivity index is 1.63. The van der Waals surface area contributed by atoms with E-state index >= 15 is 0 Å². The lowest BCUT2D eigenvalue weighted by Crippen LogP contribution is -2.33. The quantitative estimate of drug-likeness (QED) is 0.286. The highest BCUT2D eigenvalue weighted by atomic mass is 32.2. The summed E-state index contributed by atoms with van der Waals surface area (Å²) in [5.41, 5.74) is 2.92. The summed E-state index contributed by atoms with van der Waals surface area (Å²) in [7, 11) is -4.50. The number of carbonyl (C=O) groups is 1. The summed E-state index contributed by atoms with van der Waals surface area (Å²) in [6.45, 7) is 4.27. The lowest BCUT2D eigenvalue weighted by molar-refractivity contribution is 0.0966. The van der Waals surface area contributed by atoms with Gasteiger partial charge < -0.3 is 10.4 Å². The molecule has 0 saturated heterocycles. The van der Waals surface area contributed by atoms with Crippen LogP contribution in [0.3, 0.4) is 0 Å². The zero-order valence-corrected chi connectivity index (χ0v) is 24.1. The van der Waals surface area contributed by atoms with E-state index < -0.39 is 32.2 Å². The molecular weight excluding hydrogens is 552 g/mol. The van der Waals surface area contributed by atoms with Crippen molar-refractivity contribution >= 4 is 15.7 Å². The molecule has 1 aromatic heterocycles. The highest BCUT2D eigenvalue weighted by Crippen LogP contribution is 2.32. The van der Waals surface area contributed by atoms with E-state index in [1.165, 1.54) is 16.7 Å². The van der Waals surface area contributed by atoms with Crippen LogP contribution in [0.15, 0.2) is 81.3 Å². The minimum Gasteiger partial charge on any atom is -0.492 e. The maximum Gasteiger partial charge on any atom is 0.277 e. The molecule has 0 bridgehead atoms. The molecule has 2 N–H and O–H groups in total. The summed E-state index contributed by atoms with van der Waals surface area (Å²) in [5, 5.41) is 23.1. The summed E-state index contributed by atoms with van der Waals surface area (Å²) in [5.74, 6) is -0.758. The molecule has 1 amide bonds. The number of aromatic nitrogens is 2. The number of unbranched alkanes of at least 4 members (excludes halogenated alkanes) is 1. The predicted molar refractivity (Wildman–Crippen MR) is 157 cm³/mol. The van der Waals surface area contributed by atoms with Gasteiger partial charge in [-0.25, -0.2) is 8.42 Å². The van der Waals surface area contributed by atoms with Crippen LogP contribution in [0, 0.1) is 11.3 Å². The molecule has 0 fully saturated rings. The number of fused-ring (bicyclic) bond motifs is 1. The number of carbonyl (C=O) groups excluding carboxylic acids is 1. The maximum absolute atomic E-state index is 14.0. The number of benzene rings is 3. The van der Waals surface area contributed by atoms with Crippen LogP contribution >= 0.6 is 0 Å². The summed E-state index contributed by atoms with van der Waals surface area (Å²) in [6, 6.07) is 19.7. The number of aromatic hydroxyl groups is 1. The third-order valence-corrected chi connectivity index (χ3v) is 9.33. The minimum absolute atomic E-state index is 0.190. The molecular formula is C32H30N4O5S. The normalized spacial score (nSPS) is 13.3. The van der Waals surface area contributed by atoms with Gasteiger partial charge in [-0.05, 0) is 59.4 Å². The van der Waals surface area contributed by atoms with E-state index in [1.54, 1.807) is 42.5 Å². The second-order valence-electron chi connectivity index (χ2n) is 10.2. The second-order valence-corrected chi connectivity index (χ2v) is 12.1. The van der Waals surface area contributed by atoms with Crippen molar-refractivity contribution in [3.05, 3.63) is 105 Å². The first-order chi connectivity index (χ1) is 20.2. The molecule has 1 aliphatic rings. The Bertz CT molecular complexity index is 1890. The first-order valence-corrected chi connectivity index (χ1v) is 15.3. The Morgan fingerprint density at radius 2 is 1.81 bits per heavy atom. The van der Waals surface area contributed by atoms with Crippen LogP contribution < -0.4 is 10.9 Å². The van der Waals surface area contributed by atoms with Crippen molar-refractivity contribution in [3.8, 4) is 23.1 Å². The summed E-state index contributed by atoms with van der Waals surface area (Å²) in [4.78, 5) is 29.7. The van der Waals surface area contributed by atoms with Gasteiger partial charge in [0.1, 0.15) is 5.82 Å². The van der Waals surface area contributed by atoms with Crippen LogP contribution in [0.25, 0.3) is 11.1 Å². The Morgan fingerprint density at radius 1 is 1.07 bits per heavy atom. The monoisotopic (exact) mass is 582 g/mol. The van der Waals surface area contributed by atoms with Crippen molar-refractivity contribution in [2.45, 2.75) is 61.9 Å². The van der Waals surface area contributed by atoms with Gasteiger partial charge in [0.2, 0.25) is 15.7 Å². The van der Waals surface area contributed by atoms with Crippen molar-refractivity contribution in [2.75, 3.05) is 0 Å². The fourth-order valence-corrected chi connectivity index (χ4v) is 6.80. The van der Waals surface area contributed by atoms with E-state index in [-0.39, 0.29) is 16.6 Å². The van der Waals surface area contributed by atoms with Crippen molar-refractivity contribution < 1.29 is 18.3 Å². The Morgan fingerprint density at radius 3 is 2.50 bits per heavy atom. The summed E-state index contributed by atoms with van der Waals surface area (Å²) >= 11 is 0. The van der Waals surface area contributed by atoms with Gasteiger partial charge in [-0.1, -0.05) is 62.7 Å². The Kier molecular flexibility index (Phi) is 7.96. The van der Waals surface area contributed by atoms with E-state index in [0.717, 1.165) is 12.0 Å². The summed E-state index contributed by atoms with van der Waals surface area (Å²) < 4.78 is 29.1. The maximum atomic E-state index is 14.0. The second kappa shape index (κ2) is 11.6. The van der Waals surface area contributed by atoms with E-state index in [0.29, 0.717) is 53.6 Å². The number of nitriles is 1. The van der Waals surface area contributed by atoms with Gasteiger partial charge in [-0.15, -0.1) is 0 Å². The molecule has 214 valence electrons. The average molecular weight is 583 g/mol. The van der Waals surface area contributed by atoms with E-state index in [4.69, 9.17) is 0 Å². The molecule has 42 heavy (non-hydrogen) atoms. The molecule has 0 spiro atoms. The number of hydrogen-bond donors (Lipinski definition) is 2. The first kappa shape index (κ1) is 28.8. The molecule has 0 radical (unpaired) electrons. The van der Waals surface area contributed by atoms with Crippen LogP contribution in [-0.4, -0.2) is 29.0 Å². The molecule has 0 aliphatic carbocycles. The van der Waals surface area contributed by atoms with E-state index in [9.17, 15) is 28.4 Å². The topological polar surface area (TPSA) is 142 Å². The fourth-order valence-electron chi connectivity index (χ4n) is 5.45. The van der Waals surface area contributed by atoms with Gasteiger partial charge >= 0.3 is 0 Å². The molecule has 5 rings (SSSR count). The molecule has 1 aliphatic heterocycles. The SMILES string of the molecule is CCCCc1nc(O)c(S(=O)(=O)c2ccc(-c3cccc4c3C(=O)NC4)cc2)c(=O)n1[C@@H](CC)c1cccc(C#N)c1. The van der Waals surface area contributed by atoms with Crippen molar-refractivity contribution in [3.63, 3.8) is 0 Å². The first-order valence-electron chi connectivity index (χ1n) is 13.8. The predicted octanol–water partition coefficient (Wildman–Crippen LogP) is 4.91. The number of nitrogens with zero attached hydrogens (tertiary/aromatic N) is 3. The molecule has 4 aromatic rings. The van der Waals surface area contributed by atoms with Crippen molar-refractivity contribution in [2.24, 2.45) is 0 Å². The van der Waals surface area contributed by atoms with Crippen molar-refractivity contribution in [1.29, 1.82) is 5.26 Å². The number of nitrogens with one attached hydrogen (secondary N) is 1. The van der Waals surface area contributed by atoms with Gasteiger partial charge in [0.05, 0.1) is 28.1 Å². The number of aryl methyl sites for hydroxylation is 1. The van der Waals surface area contributed by atoms with Crippen molar-refractivity contribution in [1.82, 2.24) is 14.9 Å². The number of hydrogen-bond acceptors (Lipinski definition) is 7. The standard InChI is InChI=1S/C32H30N4O5S/c1-3-5-12-27-35-31(38)29(32(39)36(27)26(4-2)22-9-6-8-20(17-22)18-33)42(40,41)24-15-13-21(14-16-24)25-11-7-10-23-19-34-30(37)28(23)25/h6-11,13-17,26,38H,3-5,12,19H2,1-2H3,(H,34,37)/t26-/m0/s1. The van der Waals surface area contributed by atoms with Gasteiger partial charge in [0.25, 0.3) is 11.5 Å². The third-order valence-electron chi connectivity index (χ3n) is 7.54. The summed E-state index contributed by atoms with van der Waals surface area (Å²) in [6.07, 6.45) is 2.26. The molecule has 0 unspecified atom stereocenters. The zero-order chi connectivity index (χ0) is 30.0. The van der Waals surface area contributed by atoms with Gasteiger partial charge in [0, 0.05) is 13.0 Å². The number of sulfone groups is 1. The molecule has 9 nitrogen and oxygen atoms in total. The van der Waals surface area contributed by atoms with Crippen LogP contribution in [0.2, 0.25) is 0 Å². The van der Waals surface area contributed by atoms with Crippen LogP contribution in [0.1, 0.15) is 72.0 Å². The van der Waals surface area contributed by atoms with Crippen LogP contribution in [-0.2, 0) is 22.8 Å². The van der Waals surface area contributed by atoms with Crippen LogP contribution in [0.4, 0.5) is 0 Å². The van der Waals surface area contributed by atoms with E-state index in [2.05, 4.69) is 16.4 Å². The fraction of sp³-hybridized carbons (Fsp3) is 0.250. The smallest absolute Gasteiger partial charge is 0.277 e. The van der Waals surface area contributed by atoms with E-state index in [1.807, 2.05) is 26.0 Å². The lowest BCUT2D eigenvalue weighted by Gasteiger charge is -2.23. The lowest BCUT2D eigenvalue weighted by atomic mass is 9.97. The highest BCUT2D eigenvalue weighted by Gasteiger charge is 2.32.